The van der Waals surface area contributed by atoms with Crippen molar-refractivity contribution >= 4 is 34.2 Å². The van der Waals surface area contributed by atoms with E-state index in [-0.39, 0.29) is 5.91 Å². The summed E-state index contributed by atoms with van der Waals surface area (Å²) in [7, 11) is 0. The van der Waals surface area contributed by atoms with Crippen LogP contribution in [0.25, 0.3) is 22.3 Å². The highest BCUT2D eigenvalue weighted by molar-refractivity contribution is 6.33. The number of carbonyl (C=O) groups is 1. The van der Waals surface area contributed by atoms with E-state index in [0.717, 1.165) is 61.2 Å². The van der Waals surface area contributed by atoms with Gasteiger partial charge < -0.3 is 9.80 Å². The maximum atomic E-state index is 12.6. The number of fused-ring (bicyclic) bond motifs is 1. The van der Waals surface area contributed by atoms with Crippen molar-refractivity contribution in [3.8, 4) is 11.4 Å². The minimum Gasteiger partial charge on any atom is -0.355 e. The molecule has 6 heteroatoms. The van der Waals surface area contributed by atoms with Crippen LogP contribution in [-0.4, -0.2) is 47.0 Å². The van der Waals surface area contributed by atoms with E-state index < -0.39 is 0 Å². The van der Waals surface area contributed by atoms with Crippen molar-refractivity contribution in [1.29, 1.82) is 0 Å². The van der Waals surface area contributed by atoms with Crippen LogP contribution in [0.5, 0.6) is 0 Å². The maximum absolute atomic E-state index is 12.6. The van der Waals surface area contributed by atoms with Crippen LogP contribution in [-0.2, 0) is 4.79 Å². The van der Waals surface area contributed by atoms with Crippen LogP contribution in [0.2, 0.25) is 5.02 Å². The normalized spacial score (nSPS) is 13.7. The van der Waals surface area contributed by atoms with E-state index >= 15 is 0 Å². The van der Waals surface area contributed by atoms with E-state index in [2.05, 4.69) is 11.8 Å². The number of hydrogen-bond donors (Lipinski definition) is 0. The van der Waals surface area contributed by atoms with Crippen LogP contribution in [0.3, 0.4) is 0 Å². The molecule has 1 saturated heterocycles. The third kappa shape index (κ3) is 4.41. The van der Waals surface area contributed by atoms with Gasteiger partial charge in [-0.2, -0.15) is 0 Å². The van der Waals surface area contributed by atoms with Crippen LogP contribution in [0, 0.1) is 0 Å². The van der Waals surface area contributed by atoms with Gasteiger partial charge in [0.15, 0.2) is 5.82 Å². The van der Waals surface area contributed by atoms with Crippen LogP contribution in [0.4, 0.5) is 5.82 Å². The van der Waals surface area contributed by atoms with Gasteiger partial charge in [-0.1, -0.05) is 42.8 Å². The minimum absolute atomic E-state index is 0.235. The summed E-state index contributed by atoms with van der Waals surface area (Å²) in [5, 5.41) is 1.63. The number of hydrogen-bond acceptors (Lipinski definition) is 4. The van der Waals surface area contributed by atoms with E-state index in [0.29, 0.717) is 23.8 Å². The fourth-order valence-electron chi connectivity index (χ4n) is 4.01. The molecule has 0 N–H and O–H groups in total. The van der Waals surface area contributed by atoms with Gasteiger partial charge in [0.2, 0.25) is 5.91 Å². The van der Waals surface area contributed by atoms with Crippen molar-refractivity contribution in [2.45, 2.75) is 32.6 Å². The summed E-state index contributed by atoms with van der Waals surface area (Å²) in [6, 6.07) is 15.7. The summed E-state index contributed by atoms with van der Waals surface area (Å²) in [5.74, 6) is 1.71. The highest BCUT2D eigenvalue weighted by Gasteiger charge is 2.21. The molecule has 5 nitrogen and oxygen atoms in total. The molecule has 1 aromatic heterocycles. The molecule has 1 fully saturated rings. The molecule has 4 rings (SSSR count). The number of halogens is 1. The first-order valence-electron chi connectivity index (χ1n) is 10.7. The van der Waals surface area contributed by atoms with Gasteiger partial charge in [-0.15, -0.1) is 0 Å². The summed E-state index contributed by atoms with van der Waals surface area (Å²) in [4.78, 5) is 26.5. The molecule has 0 saturated carbocycles. The molecular weight excluding hydrogens is 396 g/mol. The molecule has 0 aliphatic carbocycles. The molecule has 0 spiro atoms. The second-order valence-corrected chi connectivity index (χ2v) is 8.10. The number of carbonyl (C=O) groups excluding carboxylic acids is 1. The predicted molar refractivity (Wildman–Crippen MR) is 123 cm³/mol. The number of aromatic nitrogens is 2. The van der Waals surface area contributed by atoms with E-state index in [1.54, 1.807) is 0 Å². The average Bonchev–Trinajstić information content (AvgIpc) is 3.31. The third-order valence-electron chi connectivity index (χ3n) is 5.55. The fourth-order valence-corrected chi connectivity index (χ4v) is 4.23. The van der Waals surface area contributed by atoms with Crippen molar-refractivity contribution < 1.29 is 4.79 Å². The van der Waals surface area contributed by atoms with Gasteiger partial charge in [0.05, 0.1) is 10.5 Å². The molecule has 2 aromatic carbocycles. The molecule has 0 bridgehead atoms. The van der Waals surface area contributed by atoms with Gasteiger partial charge in [-0.25, -0.2) is 9.97 Å². The second kappa shape index (κ2) is 9.43. The van der Waals surface area contributed by atoms with Gasteiger partial charge in [-0.05, 0) is 43.5 Å². The van der Waals surface area contributed by atoms with Crippen LogP contribution in [0.15, 0.2) is 48.5 Å². The van der Waals surface area contributed by atoms with Crippen molar-refractivity contribution in [3.05, 3.63) is 53.6 Å². The molecule has 2 heterocycles. The number of para-hydroxylation sites is 1. The molecule has 1 amide bonds. The first-order valence-corrected chi connectivity index (χ1v) is 11.1. The Hall–Kier alpha value is -2.66. The molecule has 0 atom stereocenters. The Morgan fingerprint density at radius 1 is 1.03 bits per heavy atom. The Bertz CT molecular complexity index is 1030. The monoisotopic (exact) mass is 422 g/mol. The molecule has 30 heavy (non-hydrogen) atoms. The van der Waals surface area contributed by atoms with Gasteiger partial charge in [0.1, 0.15) is 5.82 Å². The standard InChI is InChI=1S/C24H27ClN4O/c1-2-14-29(17-13-22(30)28-15-7-8-16-28)24-19-10-4-6-12-21(19)26-23(27-24)18-9-3-5-11-20(18)25/h3-6,9-12H,2,7-8,13-17H2,1H3. The lowest BCUT2D eigenvalue weighted by molar-refractivity contribution is -0.129. The van der Waals surface area contributed by atoms with E-state index in [1.807, 2.05) is 53.4 Å². The molecular formula is C24H27ClN4O. The van der Waals surface area contributed by atoms with Crippen LogP contribution in [0.1, 0.15) is 32.6 Å². The average molecular weight is 423 g/mol. The molecule has 0 radical (unpaired) electrons. The minimum atomic E-state index is 0.235. The van der Waals surface area contributed by atoms with Crippen molar-refractivity contribution in [3.63, 3.8) is 0 Å². The van der Waals surface area contributed by atoms with Gasteiger partial charge in [0, 0.05) is 43.5 Å². The van der Waals surface area contributed by atoms with Gasteiger partial charge >= 0.3 is 0 Å². The maximum Gasteiger partial charge on any atom is 0.224 e. The lowest BCUT2D eigenvalue weighted by atomic mass is 10.1. The number of likely N-dealkylation sites (tertiary alicyclic amines) is 1. The highest BCUT2D eigenvalue weighted by Crippen LogP contribution is 2.31. The van der Waals surface area contributed by atoms with Gasteiger partial charge in [-0.3, -0.25) is 4.79 Å². The summed E-state index contributed by atoms with van der Waals surface area (Å²) < 4.78 is 0. The fraction of sp³-hybridized carbons (Fsp3) is 0.375. The summed E-state index contributed by atoms with van der Waals surface area (Å²) in [6.07, 6.45) is 3.70. The zero-order chi connectivity index (χ0) is 20.9. The Kier molecular flexibility index (Phi) is 6.48. The molecule has 1 aliphatic heterocycles. The summed E-state index contributed by atoms with van der Waals surface area (Å²) in [6.45, 7) is 5.40. The number of rotatable bonds is 7. The summed E-state index contributed by atoms with van der Waals surface area (Å²) in [5.41, 5.74) is 1.69. The van der Waals surface area contributed by atoms with Crippen molar-refractivity contribution in [2.75, 3.05) is 31.1 Å². The van der Waals surface area contributed by atoms with Crippen LogP contribution < -0.4 is 4.90 Å². The zero-order valence-corrected chi connectivity index (χ0v) is 18.1. The van der Waals surface area contributed by atoms with E-state index in [1.165, 1.54) is 0 Å². The Morgan fingerprint density at radius 2 is 1.77 bits per heavy atom. The Balaban J connectivity index is 1.70. The largest absolute Gasteiger partial charge is 0.355 e. The Morgan fingerprint density at radius 3 is 2.53 bits per heavy atom. The van der Waals surface area contributed by atoms with E-state index in [4.69, 9.17) is 21.6 Å². The third-order valence-corrected chi connectivity index (χ3v) is 5.87. The predicted octanol–water partition coefficient (Wildman–Crippen LogP) is 5.18. The lowest BCUT2D eigenvalue weighted by Crippen LogP contribution is -2.33. The first kappa shape index (κ1) is 20.6. The number of amides is 1. The Labute approximate surface area is 182 Å². The molecule has 1 aliphatic rings. The SMILES string of the molecule is CCCN(CCC(=O)N1CCCC1)c1nc(-c2ccccc2Cl)nc2ccccc12. The first-order chi connectivity index (χ1) is 14.7. The second-order valence-electron chi connectivity index (χ2n) is 7.69. The highest BCUT2D eigenvalue weighted by atomic mass is 35.5. The molecule has 156 valence electrons. The van der Waals surface area contributed by atoms with E-state index in [9.17, 15) is 4.79 Å². The summed E-state index contributed by atoms with van der Waals surface area (Å²) >= 11 is 6.43. The van der Waals surface area contributed by atoms with Crippen LogP contribution >= 0.6 is 11.6 Å². The quantitative estimate of drug-likeness (QED) is 0.526. The van der Waals surface area contributed by atoms with Crippen molar-refractivity contribution in [2.24, 2.45) is 0 Å². The number of anilines is 1. The molecule has 3 aromatic rings. The van der Waals surface area contributed by atoms with Crippen molar-refractivity contribution in [1.82, 2.24) is 14.9 Å². The lowest BCUT2D eigenvalue weighted by Gasteiger charge is -2.26. The topological polar surface area (TPSA) is 49.3 Å². The zero-order valence-electron chi connectivity index (χ0n) is 17.4. The number of benzene rings is 2. The number of nitrogens with zero attached hydrogens (tertiary/aromatic N) is 4. The smallest absolute Gasteiger partial charge is 0.224 e. The van der Waals surface area contributed by atoms with Gasteiger partial charge in [0.25, 0.3) is 0 Å². The molecule has 0 unspecified atom stereocenters.